The molecule has 3 rings (SSSR count). The van der Waals surface area contributed by atoms with Crippen molar-refractivity contribution in [3.63, 3.8) is 0 Å². The summed E-state index contributed by atoms with van der Waals surface area (Å²) < 4.78 is 11.6. The van der Waals surface area contributed by atoms with Crippen LogP contribution in [0.4, 0.5) is 5.69 Å². The largest absolute Gasteiger partial charge is 0.490 e. The van der Waals surface area contributed by atoms with Gasteiger partial charge in [-0.1, -0.05) is 64.6 Å². The summed E-state index contributed by atoms with van der Waals surface area (Å²) in [5, 5.41) is 13.5. The van der Waals surface area contributed by atoms with Crippen molar-refractivity contribution in [2.45, 2.75) is 13.5 Å². The van der Waals surface area contributed by atoms with E-state index in [-0.39, 0.29) is 17.2 Å². The van der Waals surface area contributed by atoms with Crippen LogP contribution < -0.4 is 14.8 Å². The van der Waals surface area contributed by atoms with Crippen LogP contribution in [0.15, 0.2) is 60.2 Å². The maximum Gasteiger partial charge on any atom is 0.266 e. The van der Waals surface area contributed by atoms with Crippen molar-refractivity contribution in [3.05, 3.63) is 91.4 Å². The number of nitrogens with one attached hydrogen (secondary N) is 1. The standard InChI is InChI=1S/C25H18Cl4N2O3/c1-2-33-23-12-15(7-9-22(23)34-14-16-6-8-18(26)20(28)11-16)10-17(13-30)25(32)31-21-5-3-4-19(27)24(21)29/h3-12H,2,14H2,1H3,(H,31,32)/b17-10-. The van der Waals surface area contributed by atoms with Crippen LogP contribution in [-0.2, 0) is 11.4 Å². The van der Waals surface area contributed by atoms with Gasteiger partial charge in [0.25, 0.3) is 5.91 Å². The quantitative estimate of drug-likeness (QED) is 0.235. The number of ether oxygens (including phenoxy) is 2. The summed E-state index contributed by atoms with van der Waals surface area (Å²) in [5.41, 5.74) is 1.60. The van der Waals surface area contributed by atoms with Crippen LogP contribution in [0.5, 0.6) is 11.5 Å². The van der Waals surface area contributed by atoms with E-state index in [1.807, 2.05) is 19.1 Å². The lowest BCUT2D eigenvalue weighted by atomic mass is 10.1. The van der Waals surface area contributed by atoms with Gasteiger partial charge >= 0.3 is 0 Å². The molecule has 0 aromatic heterocycles. The molecule has 0 bridgehead atoms. The van der Waals surface area contributed by atoms with Gasteiger partial charge in [0.05, 0.1) is 32.4 Å². The average molecular weight is 536 g/mol. The lowest BCUT2D eigenvalue weighted by Gasteiger charge is -2.13. The van der Waals surface area contributed by atoms with Crippen molar-refractivity contribution in [2.75, 3.05) is 11.9 Å². The summed E-state index contributed by atoms with van der Waals surface area (Å²) in [6.45, 7) is 2.49. The van der Waals surface area contributed by atoms with Gasteiger partial charge in [-0.2, -0.15) is 5.26 Å². The number of hydrogen-bond acceptors (Lipinski definition) is 4. The summed E-state index contributed by atoms with van der Waals surface area (Å²) in [7, 11) is 0. The number of nitrogens with zero attached hydrogens (tertiary/aromatic N) is 1. The third kappa shape index (κ3) is 6.59. The minimum atomic E-state index is -0.621. The highest BCUT2D eigenvalue weighted by Crippen LogP contribution is 2.32. The van der Waals surface area contributed by atoms with E-state index >= 15 is 0 Å². The topological polar surface area (TPSA) is 71.3 Å². The van der Waals surface area contributed by atoms with E-state index in [0.717, 1.165) is 5.56 Å². The third-order valence-corrected chi connectivity index (χ3v) is 6.08. The zero-order valence-electron chi connectivity index (χ0n) is 17.9. The number of carbonyl (C=O) groups excluding carboxylic acids is 1. The van der Waals surface area contributed by atoms with Crippen LogP contribution in [0.1, 0.15) is 18.1 Å². The van der Waals surface area contributed by atoms with E-state index < -0.39 is 5.91 Å². The molecule has 5 nitrogen and oxygen atoms in total. The van der Waals surface area contributed by atoms with Crippen molar-refractivity contribution in [1.29, 1.82) is 5.26 Å². The Morgan fingerprint density at radius 2 is 1.76 bits per heavy atom. The van der Waals surface area contributed by atoms with E-state index in [2.05, 4.69) is 5.32 Å². The highest BCUT2D eigenvalue weighted by molar-refractivity contribution is 6.44. The molecule has 0 spiro atoms. The first-order valence-electron chi connectivity index (χ1n) is 10.0. The lowest BCUT2D eigenvalue weighted by molar-refractivity contribution is -0.112. The Morgan fingerprint density at radius 3 is 2.47 bits per heavy atom. The van der Waals surface area contributed by atoms with Crippen LogP contribution in [0.2, 0.25) is 20.1 Å². The molecule has 0 fully saturated rings. The molecule has 0 radical (unpaired) electrons. The molecular weight excluding hydrogens is 518 g/mol. The van der Waals surface area contributed by atoms with Gasteiger partial charge < -0.3 is 14.8 Å². The molecule has 34 heavy (non-hydrogen) atoms. The van der Waals surface area contributed by atoms with Gasteiger partial charge in [-0.25, -0.2) is 0 Å². The Bertz CT molecular complexity index is 1290. The maximum atomic E-state index is 12.6. The first kappa shape index (κ1) is 25.7. The minimum absolute atomic E-state index is 0.122. The zero-order chi connectivity index (χ0) is 24.7. The summed E-state index contributed by atoms with van der Waals surface area (Å²) in [6.07, 6.45) is 1.44. The Morgan fingerprint density at radius 1 is 0.971 bits per heavy atom. The Kier molecular flexibility index (Phi) is 9.09. The van der Waals surface area contributed by atoms with Crippen LogP contribution in [0, 0.1) is 11.3 Å². The number of anilines is 1. The molecule has 9 heteroatoms. The van der Waals surface area contributed by atoms with Gasteiger partial charge in [-0.3, -0.25) is 4.79 Å². The SMILES string of the molecule is CCOc1cc(/C=C(/C#N)C(=O)Nc2cccc(Cl)c2Cl)ccc1OCc1ccc(Cl)c(Cl)c1. The van der Waals surface area contributed by atoms with Gasteiger partial charge in [-0.15, -0.1) is 0 Å². The second-order valence-electron chi connectivity index (χ2n) is 6.90. The molecule has 0 unspecified atom stereocenters. The predicted octanol–water partition coefficient (Wildman–Crippen LogP) is 7.82. The zero-order valence-corrected chi connectivity index (χ0v) is 20.9. The fourth-order valence-electron chi connectivity index (χ4n) is 2.90. The highest BCUT2D eigenvalue weighted by atomic mass is 35.5. The van der Waals surface area contributed by atoms with E-state index in [1.54, 1.807) is 48.5 Å². The van der Waals surface area contributed by atoms with Gasteiger partial charge in [0, 0.05) is 0 Å². The minimum Gasteiger partial charge on any atom is -0.490 e. The Labute approximate surface area is 217 Å². The second-order valence-corrected chi connectivity index (χ2v) is 8.50. The van der Waals surface area contributed by atoms with Crippen LogP contribution in [0.25, 0.3) is 6.08 Å². The molecule has 0 saturated heterocycles. The molecule has 174 valence electrons. The normalized spacial score (nSPS) is 11.0. The van der Waals surface area contributed by atoms with E-state index in [9.17, 15) is 10.1 Å². The molecule has 3 aromatic carbocycles. The second kappa shape index (κ2) is 12.0. The molecule has 0 saturated carbocycles. The molecule has 0 aliphatic heterocycles. The first-order valence-corrected chi connectivity index (χ1v) is 11.5. The fourth-order valence-corrected chi connectivity index (χ4v) is 3.57. The number of benzene rings is 3. The number of amides is 1. The van der Waals surface area contributed by atoms with Crippen LogP contribution in [-0.4, -0.2) is 12.5 Å². The molecule has 3 aromatic rings. The van der Waals surface area contributed by atoms with Crippen molar-refractivity contribution in [2.24, 2.45) is 0 Å². The number of hydrogen-bond donors (Lipinski definition) is 1. The van der Waals surface area contributed by atoms with E-state index in [4.69, 9.17) is 55.9 Å². The summed E-state index contributed by atoms with van der Waals surface area (Å²) >= 11 is 24.1. The van der Waals surface area contributed by atoms with Gasteiger partial charge in [-0.05, 0) is 60.5 Å². The smallest absolute Gasteiger partial charge is 0.266 e. The number of nitriles is 1. The average Bonchev–Trinajstić information content (AvgIpc) is 2.82. The van der Waals surface area contributed by atoms with Crippen molar-refractivity contribution in [1.82, 2.24) is 0 Å². The molecule has 0 aliphatic carbocycles. The Hall–Kier alpha value is -2.88. The summed E-state index contributed by atoms with van der Waals surface area (Å²) in [5.74, 6) is 0.343. The predicted molar refractivity (Wildman–Crippen MR) is 137 cm³/mol. The molecule has 0 heterocycles. The third-order valence-electron chi connectivity index (χ3n) is 4.52. The molecule has 1 amide bonds. The monoisotopic (exact) mass is 534 g/mol. The molecule has 0 aliphatic rings. The van der Waals surface area contributed by atoms with Gasteiger partial charge in [0.15, 0.2) is 11.5 Å². The molecule has 0 atom stereocenters. The van der Waals surface area contributed by atoms with Gasteiger partial charge in [0.2, 0.25) is 0 Å². The van der Waals surface area contributed by atoms with Gasteiger partial charge in [0.1, 0.15) is 18.2 Å². The fraction of sp³-hybridized carbons (Fsp3) is 0.120. The van der Waals surface area contributed by atoms with Crippen LogP contribution in [0.3, 0.4) is 0 Å². The summed E-state index contributed by atoms with van der Waals surface area (Å²) in [6, 6.07) is 17.1. The van der Waals surface area contributed by atoms with Crippen molar-refractivity contribution in [3.8, 4) is 17.6 Å². The molecular formula is C25H18Cl4N2O3. The van der Waals surface area contributed by atoms with E-state index in [0.29, 0.717) is 44.4 Å². The first-order chi connectivity index (χ1) is 16.3. The number of halogens is 4. The maximum absolute atomic E-state index is 12.6. The lowest BCUT2D eigenvalue weighted by Crippen LogP contribution is -2.13. The Balaban J connectivity index is 1.80. The van der Waals surface area contributed by atoms with E-state index in [1.165, 1.54) is 6.08 Å². The number of rotatable bonds is 8. The molecule has 1 N–H and O–H groups in total. The highest BCUT2D eigenvalue weighted by Gasteiger charge is 2.14. The van der Waals surface area contributed by atoms with Crippen molar-refractivity contribution >= 4 is 64.1 Å². The summed E-state index contributed by atoms with van der Waals surface area (Å²) in [4.78, 5) is 12.6. The van der Waals surface area contributed by atoms with Crippen molar-refractivity contribution < 1.29 is 14.3 Å². The number of carbonyl (C=O) groups is 1. The van der Waals surface area contributed by atoms with Crippen LogP contribution >= 0.6 is 46.4 Å².